The third-order valence-corrected chi connectivity index (χ3v) is 2.07. The van der Waals surface area contributed by atoms with E-state index in [4.69, 9.17) is 10.00 Å². The maximum atomic E-state index is 13.4. The normalized spacial score (nSPS) is 10.1. The molecule has 2 aromatic rings. The molecule has 0 atom stereocenters. The van der Waals surface area contributed by atoms with Crippen molar-refractivity contribution < 1.29 is 9.13 Å². The summed E-state index contributed by atoms with van der Waals surface area (Å²) in [6.45, 7) is 0. The molecule has 3 nitrogen and oxygen atoms in total. The largest absolute Gasteiger partial charge is 0.497 e. The van der Waals surface area contributed by atoms with Gasteiger partial charge in [-0.05, 0) is 6.07 Å². The van der Waals surface area contributed by atoms with Gasteiger partial charge in [-0.15, -0.1) is 0 Å². The SMILES string of the molecule is COc1cc(F)c2[nH]cc(C#N)c2c1. The summed E-state index contributed by atoms with van der Waals surface area (Å²) in [7, 11) is 1.46. The second-order valence-corrected chi connectivity index (χ2v) is 2.85. The van der Waals surface area contributed by atoms with Gasteiger partial charge in [-0.1, -0.05) is 0 Å². The fourth-order valence-corrected chi connectivity index (χ4v) is 1.37. The molecule has 1 aromatic heterocycles. The number of aromatic amines is 1. The lowest BCUT2D eigenvalue weighted by atomic mass is 10.2. The van der Waals surface area contributed by atoms with Gasteiger partial charge in [-0.3, -0.25) is 0 Å². The van der Waals surface area contributed by atoms with E-state index in [1.807, 2.05) is 6.07 Å². The van der Waals surface area contributed by atoms with E-state index in [2.05, 4.69) is 4.98 Å². The minimum Gasteiger partial charge on any atom is -0.497 e. The predicted octanol–water partition coefficient (Wildman–Crippen LogP) is 2.19. The van der Waals surface area contributed by atoms with E-state index in [1.54, 1.807) is 6.07 Å². The molecule has 0 radical (unpaired) electrons. The van der Waals surface area contributed by atoms with Gasteiger partial charge in [0.2, 0.25) is 0 Å². The summed E-state index contributed by atoms with van der Waals surface area (Å²) in [4.78, 5) is 2.71. The Balaban J connectivity index is 2.82. The lowest BCUT2D eigenvalue weighted by Gasteiger charge is -2.00. The molecule has 0 fully saturated rings. The van der Waals surface area contributed by atoms with Crippen LogP contribution in [0.25, 0.3) is 10.9 Å². The molecule has 0 unspecified atom stereocenters. The first-order valence-electron chi connectivity index (χ1n) is 4.01. The third kappa shape index (κ3) is 1.11. The van der Waals surface area contributed by atoms with Gasteiger partial charge in [0.25, 0.3) is 0 Å². The number of nitriles is 1. The van der Waals surface area contributed by atoms with Crippen LogP contribution in [0.1, 0.15) is 5.56 Å². The van der Waals surface area contributed by atoms with Crippen LogP contribution in [0.5, 0.6) is 5.75 Å². The van der Waals surface area contributed by atoms with Crippen LogP contribution < -0.4 is 4.74 Å². The van der Waals surface area contributed by atoms with E-state index in [9.17, 15) is 4.39 Å². The molecule has 0 aliphatic carbocycles. The van der Waals surface area contributed by atoms with Gasteiger partial charge in [-0.25, -0.2) is 4.39 Å². The molecule has 70 valence electrons. The summed E-state index contributed by atoms with van der Waals surface area (Å²) in [6, 6.07) is 4.89. The summed E-state index contributed by atoms with van der Waals surface area (Å²) in [5.41, 5.74) is 0.750. The molecule has 0 aliphatic rings. The molecule has 14 heavy (non-hydrogen) atoms. The van der Waals surface area contributed by atoms with Crippen LogP contribution in [0.3, 0.4) is 0 Å². The predicted molar refractivity (Wildman–Crippen MR) is 49.5 cm³/mol. The standard InChI is InChI=1S/C10H7FN2O/c1-14-7-2-8-6(4-12)5-13-10(8)9(11)3-7/h2-3,5,13H,1H3. The lowest BCUT2D eigenvalue weighted by Crippen LogP contribution is -1.85. The van der Waals surface area contributed by atoms with Crippen LogP contribution in [-0.2, 0) is 0 Å². The molecular formula is C10H7FN2O. The van der Waals surface area contributed by atoms with Crippen LogP contribution in [0, 0.1) is 17.1 Å². The number of halogens is 1. The van der Waals surface area contributed by atoms with Crippen molar-refractivity contribution >= 4 is 10.9 Å². The zero-order valence-corrected chi connectivity index (χ0v) is 7.47. The van der Waals surface area contributed by atoms with Crippen molar-refractivity contribution in [1.82, 2.24) is 4.98 Å². The Bertz CT molecular complexity index is 525. The van der Waals surface area contributed by atoms with Gasteiger partial charge < -0.3 is 9.72 Å². The molecule has 1 aromatic carbocycles. The number of ether oxygens (including phenoxy) is 1. The Morgan fingerprint density at radius 1 is 1.50 bits per heavy atom. The van der Waals surface area contributed by atoms with E-state index in [0.29, 0.717) is 22.2 Å². The number of rotatable bonds is 1. The van der Waals surface area contributed by atoms with Crippen molar-refractivity contribution in [3.8, 4) is 11.8 Å². The molecule has 2 rings (SSSR count). The van der Waals surface area contributed by atoms with Gasteiger partial charge >= 0.3 is 0 Å². The molecule has 1 heterocycles. The van der Waals surface area contributed by atoms with E-state index in [-0.39, 0.29) is 0 Å². The van der Waals surface area contributed by atoms with Gasteiger partial charge in [0.05, 0.1) is 18.2 Å². The second kappa shape index (κ2) is 3.04. The highest BCUT2D eigenvalue weighted by Crippen LogP contribution is 2.25. The fourth-order valence-electron chi connectivity index (χ4n) is 1.37. The minimum absolute atomic E-state index is 0.336. The van der Waals surface area contributed by atoms with Gasteiger partial charge in [0, 0.05) is 17.6 Å². The average molecular weight is 190 g/mol. The highest BCUT2D eigenvalue weighted by molar-refractivity contribution is 5.87. The van der Waals surface area contributed by atoms with Crippen LogP contribution in [0.4, 0.5) is 4.39 Å². The van der Waals surface area contributed by atoms with Crippen LogP contribution in [0.2, 0.25) is 0 Å². The van der Waals surface area contributed by atoms with Crippen LogP contribution in [0.15, 0.2) is 18.3 Å². The first-order valence-corrected chi connectivity index (χ1v) is 4.01. The minimum atomic E-state index is -0.416. The number of fused-ring (bicyclic) bond motifs is 1. The maximum absolute atomic E-state index is 13.4. The maximum Gasteiger partial charge on any atom is 0.150 e. The van der Waals surface area contributed by atoms with Gasteiger partial charge in [-0.2, -0.15) is 5.26 Å². The van der Waals surface area contributed by atoms with E-state index in [0.717, 1.165) is 0 Å². The van der Waals surface area contributed by atoms with Crippen LogP contribution in [-0.4, -0.2) is 12.1 Å². The Hall–Kier alpha value is -2.02. The van der Waals surface area contributed by atoms with Crippen molar-refractivity contribution in [2.24, 2.45) is 0 Å². The highest BCUT2D eigenvalue weighted by Gasteiger charge is 2.09. The van der Waals surface area contributed by atoms with Gasteiger partial charge in [0.15, 0.2) is 5.82 Å². The summed E-state index contributed by atoms with van der Waals surface area (Å²) in [5.74, 6) is -0.00745. The summed E-state index contributed by atoms with van der Waals surface area (Å²) >= 11 is 0. The number of nitrogens with one attached hydrogen (secondary N) is 1. The Morgan fingerprint density at radius 2 is 2.29 bits per heavy atom. The summed E-state index contributed by atoms with van der Waals surface area (Å²) in [5, 5.41) is 9.29. The van der Waals surface area contributed by atoms with Crippen molar-refractivity contribution in [3.63, 3.8) is 0 Å². The zero-order valence-electron chi connectivity index (χ0n) is 7.47. The summed E-state index contributed by atoms with van der Waals surface area (Å²) in [6.07, 6.45) is 1.48. The number of hydrogen-bond donors (Lipinski definition) is 1. The molecule has 0 amide bonds. The third-order valence-electron chi connectivity index (χ3n) is 2.07. The smallest absolute Gasteiger partial charge is 0.150 e. The van der Waals surface area contributed by atoms with E-state index < -0.39 is 5.82 Å². The monoisotopic (exact) mass is 190 g/mol. The van der Waals surface area contributed by atoms with Crippen molar-refractivity contribution in [3.05, 3.63) is 29.7 Å². The van der Waals surface area contributed by atoms with Crippen molar-refractivity contribution in [2.75, 3.05) is 7.11 Å². The Kier molecular flexibility index (Phi) is 1.86. The lowest BCUT2D eigenvalue weighted by molar-refractivity contribution is 0.412. The highest BCUT2D eigenvalue weighted by atomic mass is 19.1. The fraction of sp³-hybridized carbons (Fsp3) is 0.100. The van der Waals surface area contributed by atoms with E-state index >= 15 is 0 Å². The second-order valence-electron chi connectivity index (χ2n) is 2.85. The summed E-state index contributed by atoms with van der Waals surface area (Å²) < 4.78 is 18.3. The number of methoxy groups -OCH3 is 1. The van der Waals surface area contributed by atoms with Crippen molar-refractivity contribution in [2.45, 2.75) is 0 Å². The van der Waals surface area contributed by atoms with Gasteiger partial charge in [0.1, 0.15) is 11.8 Å². The average Bonchev–Trinajstić information content (AvgIpc) is 2.61. The first-order chi connectivity index (χ1) is 6.76. The van der Waals surface area contributed by atoms with Crippen molar-refractivity contribution in [1.29, 1.82) is 5.26 Å². The molecule has 0 spiro atoms. The topological polar surface area (TPSA) is 48.8 Å². The molecule has 0 saturated heterocycles. The number of benzene rings is 1. The molecule has 1 N–H and O–H groups in total. The van der Waals surface area contributed by atoms with Crippen LogP contribution >= 0.6 is 0 Å². The molecule has 4 heteroatoms. The molecule has 0 aliphatic heterocycles. The Morgan fingerprint density at radius 3 is 2.93 bits per heavy atom. The molecule has 0 bridgehead atoms. The first kappa shape index (κ1) is 8.57. The quantitative estimate of drug-likeness (QED) is 0.749. The molecular weight excluding hydrogens is 183 g/mol. The van der Waals surface area contributed by atoms with E-state index in [1.165, 1.54) is 19.4 Å². The number of aromatic nitrogens is 1. The number of hydrogen-bond acceptors (Lipinski definition) is 2. The molecule has 0 saturated carbocycles. The number of H-pyrrole nitrogens is 1. The zero-order chi connectivity index (χ0) is 10.1. The Labute approximate surface area is 79.7 Å². The number of nitrogens with zero attached hydrogens (tertiary/aromatic N) is 1.